The van der Waals surface area contributed by atoms with Gasteiger partial charge in [-0.1, -0.05) is 23.5 Å². The van der Waals surface area contributed by atoms with E-state index in [1.54, 1.807) is 23.1 Å². The molecule has 142 valence electrons. The van der Waals surface area contributed by atoms with Crippen LogP contribution in [-0.2, 0) is 4.79 Å². The van der Waals surface area contributed by atoms with Crippen molar-refractivity contribution in [3.05, 3.63) is 47.5 Å². The summed E-state index contributed by atoms with van der Waals surface area (Å²) in [5.41, 5.74) is 2.53. The molecule has 0 spiro atoms. The molecule has 0 aliphatic carbocycles. The number of carbonyl (C=O) groups is 2. The average molecular weight is 395 g/mol. The molecule has 0 unspecified atom stereocenters. The van der Waals surface area contributed by atoms with Gasteiger partial charge >= 0.3 is 0 Å². The van der Waals surface area contributed by atoms with Crippen LogP contribution in [0.5, 0.6) is 11.5 Å². The van der Waals surface area contributed by atoms with Gasteiger partial charge in [0.15, 0.2) is 16.6 Å². The number of rotatable bonds is 3. The highest BCUT2D eigenvalue weighted by Crippen LogP contribution is 2.34. The maximum absolute atomic E-state index is 12.6. The van der Waals surface area contributed by atoms with E-state index in [1.807, 2.05) is 25.1 Å². The minimum Gasteiger partial charge on any atom is -0.454 e. The number of fused-ring (bicyclic) bond motifs is 2. The zero-order valence-corrected chi connectivity index (χ0v) is 15.9. The van der Waals surface area contributed by atoms with Crippen LogP contribution in [0, 0.1) is 12.8 Å². The van der Waals surface area contributed by atoms with E-state index in [0.717, 1.165) is 15.8 Å². The number of thiazole rings is 1. The first kappa shape index (κ1) is 17.0. The van der Waals surface area contributed by atoms with Gasteiger partial charge in [-0.25, -0.2) is 4.98 Å². The number of carbonyl (C=O) groups excluding carboxylic acids is 2. The summed E-state index contributed by atoms with van der Waals surface area (Å²) in [6.45, 7) is 2.95. The minimum absolute atomic E-state index is 0.105. The number of para-hydroxylation sites is 1. The van der Waals surface area contributed by atoms with E-state index in [4.69, 9.17) is 9.47 Å². The first-order valence-corrected chi connectivity index (χ1v) is 9.76. The zero-order chi connectivity index (χ0) is 19.3. The number of aryl methyl sites for hydroxylation is 1. The largest absolute Gasteiger partial charge is 0.454 e. The Morgan fingerprint density at radius 1 is 1.18 bits per heavy atom. The van der Waals surface area contributed by atoms with Crippen molar-refractivity contribution in [1.29, 1.82) is 0 Å². The lowest BCUT2D eigenvalue weighted by Gasteiger charge is -2.38. The van der Waals surface area contributed by atoms with Crippen molar-refractivity contribution >= 4 is 38.5 Å². The molecule has 1 fully saturated rings. The van der Waals surface area contributed by atoms with E-state index >= 15 is 0 Å². The summed E-state index contributed by atoms with van der Waals surface area (Å²) in [6, 6.07) is 11.1. The van der Waals surface area contributed by atoms with Crippen LogP contribution in [-0.4, -0.2) is 41.6 Å². The van der Waals surface area contributed by atoms with Crippen LogP contribution in [0.3, 0.4) is 0 Å². The third-order valence-electron chi connectivity index (χ3n) is 5.01. The van der Waals surface area contributed by atoms with Gasteiger partial charge in [-0.05, 0) is 36.8 Å². The third kappa shape index (κ3) is 2.86. The van der Waals surface area contributed by atoms with Gasteiger partial charge in [-0.2, -0.15) is 0 Å². The normalized spacial score (nSPS) is 15.5. The van der Waals surface area contributed by atoms with Crippen molar-refractivity contribution in [2.45, 2.75) is 6.92 Å². The molecule has 1 aromatic heterocycles. The molecule has 0 saturated carbocycles. The second kappa shape index (κ2) is 6.49. The molecule has 3 aromatic rings. The number of benzene rings is 2. The average Bonchev–Trinajstić information content (AvgIpc) is 3.26. The Morgan fingerprint density at radius 2 is 2.00 bits per heavy atom. The van der Waals surface area contributed by atoms with Gasteiger partial charge < -0.3 is 19.7 Å². The van der Waals surface area contributed by atoms with Crippen LogP contribution in [0.1, 0.15) is 15.9 Å². The molecular formula is C20H17N3O4S. The van der Waals surface area contributed by atoms with E-state index in [-0.39, 0.29) is 24.5 Å². The molecule has 28 heavy (non-hydrogen) atoms. The molecule has 0 radical (unpaired) electrons. The van der Waals surface area contributed by atoms with Gasteiger partial charge in [0.1, 0.15) is 0 Å². The van der Waals surface area contributed by atoms with Gasteiger partial charge in [-0.3, -0.25) is 9.59 Å². The van der Waals surface area contributed by atoms with Crippen LogP contribution in [0.25, 0.3) is 10.2 Å². The number of nitrogens with zero attached hydrogens (tertiary/aromatic N) is 2. The van der Waals surface area contributed by atoms with Gasteiger partial charge in [0.05, 0.1) is 16.1 Å². The topological polar surface area (TPSA) is 80.8 Å². The first-order valence-electron chi connectivity index (χ1n) is 8.94. The van der Waals surface area contributed by atoms with Crippen molar-refractivity contribution in [3.8, 4) is 11.5 Å². The standard InChI is InChI=1S/C20H17N3O4S/c1-11-3-2-4-16-17(11)21-20(28-16)22-18(24)13-8-23(9-13)19(25)12-5-6-14-15(7-12)27-10-26-14/h2-7,13H,8-10H2,1H3,(H,21,22,24). The lowest BCUT2D eigenvalue weighted by atomic mass is 9.98. The van der Waals surface area contributed by atoms with Crippen LogP contribution >= 0.6 is 11.3 Å². The number of nitrogens with one attached hydrogen (secondary N) is 1. The van der Waals surface area contributed by atoms with Gasteiger partial charge in [-0.15, -0.1) is 0 Å². The molecule has 2 amide bonds. The highest BCUT2D eigenvalue weighted by atomic mass is 32.1. The smallest absolute Gasteiger partial charge is 0.254 e. The summed E-state index contributed by atoms with van der Waals surface area (Å²) in [6.07, 6.45) is 0. The van der Waals surface area contributed by atoms with E-state index in [9.17, 15) is 9.59 Å². The number of likely N-dealkylation sites (tertiary alicyclic amines) is 1. The van der Waals surface area contributed by atoms with Crippen molar-refractivity contribution in [1.82, 2.24) is 9.88 Å². The Morgan fingerprint density at radius 3 is 2.82 bits per heavy atom. The monoisotopic (exact) mass is 395 g/mol. The van der Waals surface area contributed by atoms with Crippen LogP contribution in [0.15, 0.2) is 36.4 Å². The van der Waals surface area contributed by atoms with Crippen molar-refractivity contribution in [3.63, 3.8) is 0 Å². The van der Waals surface area contributed by atoms with E-state index in [0.29, 0.717) is 35.3 Å². The lowest BCUT2D eigenvalue weighted by molar-refractivity contribution is -0.123. The predicted octanol–water partition coefficient (Wildman–Crippen LogP) is 3.04. The van der Waals surface area contributed by atoms with Gasteiger partial charge in [0.25, 0.3) is 5.91 Å². The molecule has 8 heteroatoms. The van der Waals surface area contributed by atoms with Crippen LogP contribution in [0.2, 0.25) is 0 Å². The van der Waals surface area contributed by atoms with E-state index < -0.39 is 0 Å². The molecule has 0 bridgehead atoms. The number of amides is 2. The Balaban J connectivity index is 1.22. The third-order valence-corrected chi connectivity index (χ3v) is 5.95. The molecule has 2 aliphatic heterocycles. The molecular weight excluding hydrogens is 378 g/mol. The zero-order valence-electron chi connectivity index (χ0n) is 15.1. The van der Waals surface area contributed by atoms with Gasteiger partial charge in [0, 0.05) is 18.7 Å². The fourth-order valence-electron chi connectivity index (χ4n) is 3.37. The molecule has 7 nitrogen and oxygen atoms in total. The van der Waals surface area contributed by atoms with Crippen LogP contribution < -0.4 is 14.8 Å². The van der Waals surface area contributed by atoms with Crippen molar-refractivity contribution < 1.29 is 19.1 Å². The summed E-state index contributed by atoms with van der Waals surface area (Å²) in [4.78, 5) is 31.3. The van der Waals surface area contributed by atoms with Crippen molar-refractivity contribution in [2.75, 3.05) is 25.2 Å². The van der Waals surface area contributed by atoms with E-state index in [1.165, 1.54) is 11.3 Å². The minimum atomic E-state index is -0.230. The fraction of sp³-hybridized carbons (Fsp3) is 0.250. The summed E-state index contributed by atoms with van der Waals surface area (Å²) in [7, 11) is 0. The molecule has 1 N–H and O–H groups in total. The van der Waals surface area contributed by atoms with Gasteiger partial charge in [0.2, 0.25) is 12.7 Å². The highest BCUT2D eigenvalue weighted by Gasteiger charge is 2.36. The number of hydrogen-bond donors (Lipinski definition) is 1. The number of hydrogen-bond acceptors (Lipinski definition) is 6. The Kier molecular flexibility index (Phi) is 3.94. The Labute approximate surface area is 164 Å². The fourth-order valence-corrected chi connectivity index (χ4v) is 4.32. The molecule has 0 atom stereocenters. The summed E-state index contributed by atoms with van der Waals surface area (Å²) in [5, 5.41) is 3.48. The number of ether oxygens (including phenoxy) is 2. The lowest BCUT2D eigenvalue weighted by Crippen LogP contribution is -2.54. The maximum Gasteiger partial charge on any atom is 0.254 e. The maximum atomic E-state index is 12.6. The summed E-state index contributed by atoms with van der Waals surface area (Å²) in [5.74, 6) is 0.769. The van der Waals surface area contributed by atoms with E-state index in [2.05, 4.69) is 10.3 Å². The Bertz CT molecular complexity index is 1100. The molecule has 5 rings (SSSR count). The second-order valence-electron chi connectivity index (χ2n) is 6.91. The van der Waals surface area contributed by atoms with Crippen molar-refractivity contribution in [2.24, 2.45) is 5.92 Å². The highest BCUT2D eigenvalue weighted by molar-refractivity contribution is 7.22. The Hall–Kier alpha value is -3.13. The summed E-state index contributed by atoms with van der Waals surface area (Å²) < 4.78 is 11.6. The molecule has 1 saturated heterocycles. The predicted molar refractivity (Wildman–Crippen MR) is 105 cm³/mol. The van der Waals surface area contributed by atoms with Crippen LogP contribution in [0.4, 0.5) is 5.13 Å². The molecule has 2 aromatic carbocycles. The first-order chi connectivity index (χ1) is 13.6. The number of aromatic nitrogens is 1. The SMILES string of the molecule is Cc1cccc2sc(NC(=O)C3CN(C(=O)c4ccc5c(c4)OCO5)C3)nc12. The second-order valence-corrected chi connectivity index (χ2v) is 7.94. The number of anilines is 1. The summed E-state index contributed by atoms with van der Waals surface area (Å²) >= 11 is 1.46. The molecule has 3 heterocycles. The quantitative estimate of drug-likeness (QED) is 0.737. The molecule has 2 aliphatic rings.